The van der Waals surface area contributed by atoms with Crippen LogP contribution in [0.25, 0.3) is 0 Å². The molecule has 1 fully saturated rings. The Labute approximate surface area is 137 Å². The number of nitrogens with one attached hydrogen (secondary N) is 1. The van der Waals surface area contributed by atoms with Gasteiger partial charge in [-0.3, -0.25) is 9.59 Å². The smallest absolute Gasteiger partial charge is 0.249 e. The number of anilines is 1. The van der Waals surface area contributed by atoms with Gasteiger partial charge in [0.25, 0.3) is 0 Å². The lowest BCUT2D eigenvalue weighted by molar-refractivity contribution is -0.119. The Kier molecular flexibility index (Phi) is 3.52. The molecule has 23 heavy (non-hydrogen) atoms. The van der Waals surface area contributed by atoms with Crippen molar-refractivity contribution in [2.45, 2.75) is 45.1 Å². The Bertz CT molecular complexity index is 761. The molecule has 2 aromatic heterocycles. The second-order valence-corrected chi connectivity index (χ2v) is 7.35. The van der Waals surface area contributed by atoms with E-state index in [1.54, 1.807) is 18.3 Å². The summed E-state index contributed by atoms with van der Waals surface area (Å²) >= 11 is 1.57. The van der Waals surface area contributed by atoms with Gasteiger partial charge in [0.15, 0.2) is 5.78 Å². The monoisotopic (exact) mass is 330 g/mol. The zero-order valence-electron chi connectivity index (χ0n) is 12.9. The van der Waals surface area contributed by atoms with E-state index in [4.69, 9.17) is 0 Å². The lowest BCUT2D eigenvalue weighted by atomic mass is 10.0. The van der Waals surface area contributed by atoms with Gasteiger partial charge in [0.05, 0.1) is 5.56 Å². The molecule has 1 atom stereocenters. The highest BCUT2D eigenvalue weighted by Crippen LogP contribution is 2.43. The van der Waals surface area contributed by atoms with Crippen LogP contribution in [0, 0.1) is 5.92 Å². The number of hydrogen-bond acceptors (Lipinski definition) is 5. The molecule has 2 aliphatic rings. The fourth-order valence-electron chi connectivity index (χ4n) is 3.06. The maximum atomic E-state index is 12.7. The number of ketones is 1. The van der Waals surface area contributed by atoms with E-state index in [-0.39, 0.29) is 17.6 Å². The van der Waals surface area contributed by atoms with Crippen LogP contribution in [0.1, 0.15) is 53.0 Å². The van der Waals surface area contributed by atoms with Gasteiger partial charge in [-0.2, -0.15) is 5.10 Å². The topological polar surface area (TPSA) is 76.9 Å². The number of aryl methyl sites for hydroxylation is 1. The van der Waals surface area contributed by atoms with Gasteiger partial charge in [-0.1, -0.05) is 0 Å². The number of carbonyl (C=O) groups is 2. The highest BCUT2D eigenvalue weighted by molar-refractivity contribution is 7.17. The van der Waals surface area contributed by atoms with Crippen molar-refractivity contribution in [2.24, 2.45) is 5.92 Å². The molecule has 0 spiro atoms. The fourth-order valence-corrected chi connectivity index (χ4v) is 4.35. The van der Waals surface area contributed by atoms with E-state index in [0.29, 0.717) is 0 Å². The van der Waals surface area contributed by atoms with Crippen LogP contribution in [-0.4, -0.2) is 26.5 Å². The molecule has 4 rings (SSSR count). The van der Waals surface area contributed by atoms with Crippen molar-refractivity contribution in [2.75, 3.05) is 5.32 Å². The van der Waals surface area contributed by atoms with Crippen LogP contribution in [0.4, 0.5) is 5.00 Å². The molecule has 120 valence electrons. The number of amides is 1. The van der Waals surface area contributed by atoms with E-state index in [9.17, 15) is 9.59 Å². The first-order chi connectivity index (χ1) is 11.1. The number of rotatable bonds is 5. The van der Waals surface area contributed by atoms with Crippen LogP contribution in [-0.2, 0) is 17.6 Å². The second-order valence-electron chi connectivity index (χ2n) is 6.24. The highest BCUT2D eigenvalue weighted by atomic mass is 32.1. The first-order valence-corrected chi connectivity index (χ1v) is 8.80. The Morgan fingerprint density at radius 2 is 2.22 bits per heavy atom. The van der Waals surface area contributed by atoms with Gasteiger partial charge in [-0.05, 0) is 44.6 Å². The average molecular weight is 330 g/mol. The average Bonchev–Trinajstić information content (AvgIpc) is 2.95. The van der Waals surface area contributed by atoms with Crippen LogP contribution in [0.3, 0.4) is 0 Å². The quantitative estimate of drug-likeness (QED) is 0.855. The van der Waals surface area contributed by atoms with Crippen LogP contribution in [0.2, 0.25) is 0 Å². The van der Waals surface area contributed by atoms with Gasteiger partial charge in [-0.15, -0.1) is 11.3 Å². The molecule has 7 heteroatoms. The summed E-state index contributed by atoms with van der Waals surface area (Å²) < 4.78 is 1.51. The van der Waals surface area contributed by atoms with Crippen molar-refractivity contribution < 1.29 is 9.59 Å². The third kappa shape index (κ3) is 2.59. The Morgan fingerprint density at radius 1 is 1.39 bits per heavy atom. The maximum absolute atomic E-state index is 12.7. The van der Waals surface area contributed by atoms with Gasteiger partial charge >= 0.3 is 0 Å². The van der Waals surface area contributed by atoms with Gasteiger partial charge < -0.3 is 5.32 Å². The van der Waals surface area contributed by atoms with E-state index in [2.05, 4.69) is 15.4 Å². The zero-order valence-corrected chi connectivity index (χ0v) is 13.7. The van der Waals surface area contributed by atoms with E-state index in [1.807, 2.05) is 0 Å². The largest absolute Gasteiger partial charge is 0.315 e. The van der Waals surface area contributed by atoms with Crippen molar-refractivity contribution in [1.82, 2.24) is 14.8 Å². The number of hydrogen-bond donors (Lipinski definition) is 1. The molecule has 0 aliphatic heterocycles. The number of aromatic nitrogens is 3. The van der Waals surface area contributed by atoms with Crippen molar-refractivity contribution in [3.05, 3.63) is 28.7 Å². The van der Waals surface area contributed by atoms with Crippen molar-refractivity contribution in [1.29, 1.82) is 0 Å². The normalized spacial score (nSPS) is 17.8. The Morgan fingerprint density at radius 3 is 2.91 bits per heavy atom. The molecule has 0 bridgehead atoms. The standard InChI is InChI=1S/C16H18N4O2S/c1-9(20-8-17-7-18-20)15(22)19-16-13(14(21)10-5-6-10)11-3-2-4-12(11)23-16/h7-10H,2-6H2,1H3,(H,19,22). The summed E-state index contributed by atoms with van der Waals surface area (Å²) in [6.45, 7) is 1.77. The SMILES string of the molecule is CC(C(=O)Nc1sc2c(c1C(=O)C1CC1)CCC2)n1cncn1. The number of nitrogens with zero attached hydrogens (tertiary/aromatic N) is 3. The molecule has 1 N–H and O–H groups in total. The number of carbonyl (C=O) groups excluding carboxylic acids is 2. The predicted molar refractivity (Wildman–Crippen MR) is 86.8 cm³/mol. The summed E-state index contributed by atoms with van der Waals surface area (Å²) in [5, 5.41) is 7.69. The summed E-state index contributed by atoms with van der Waals surface area (Å²) in [6, 6.07) is -0.460. The van der Waals surface area contributed by atoms with E-state index in [0.717, 1.165) is 42.7 Å². The minimum absolute atomic E-state index is 0.165. The molecular formula is C16H18N4O2S. The third-order valence-corrected chi connectivity index (χ3v) is 5.77. The van der Waals surface area contributed by atoms with Crippen molar-refractivity contribution in [3.63, 3.8) is 0 Å². The minimum Gasteiger partial charge on any atom is -0.315 e. The second kappa shape index (κ2) is 5.56. The van der Waals surface area contributed by atoms with Gasteiger partial charge in [0.1, 0.15) is 23.7 Å². The molecular weight excluding hydrogens is 312 g/mol. The molecule has 2 heterocycles. The lowest BCUT2D eigenvalue weighted by Gasteiger charge is -2.12. The number of thiophene rings is 1. The maximum Gasteiger partial charge on any atom is 0.249 e. The Hall–Kier alpha value is -2.02. The predicted octanol–water partition coefficient (Wildman–Crippen LogP) is 2.62. The molecule has 1 amide bonds. The summed E-state index contributed by atoms with van der Waals surface area (Å²) in [4.78, 5) is 30.3. The third-order valence-electron chi connectivity index (χ3n) is 4.57. The minimum atomic E-state index is -0.460. The fraction of sp³-hybridized carbons (Fsp3) is 0.500. The first-order valence-electron chi connectivity index (χ1n) is 7.99. The summed E-state index contributed by atoms with van der Waals surface area (Å²) in [7, 11) is 0. The van der Waals surface area contributed by atoms with E-state index >= 15 is 0 Å². The number of Topliss-reactive ketones (excluding diaryl/α,β-unsaturated/α-hetero) is 1. The van der Waals surface area contributed by atoms with Gasteiger partial charge in [0, 0.05) is 10.8 Å². The molecule has 0 saturated heterocycles. The lowest BCUT2D eigenvalue weighted by Crippen LogP contribution is -2.24. The molecule has 0 radical (unpaired) electrons. The van der Waals surface area contributed by atoms with Crippen LogP contribution in [0.5, 0.6) is 0 Å². The van der Waals surface area contributed by atoms with E-state index < -0.39 is 6.04 Å². The molecule has 1 saturated carbocycles. The van der Waals surface area contributed by atoms with Crippen molar-refractivity contribution in [3.8, 4) is 0 Å². The Balaban J connectivity index is 1.61. The highest BCUT2D eigenvalue weighted by Gasteiger charge is 2.36. The molecule has 2 aliphatic carbocycles. The molecule has 2 aromatic rings. The molecule has 0 aromatic carbocycles. The van der Waals surface area contributed by atoms with Crippen LogP contribution >= 0.6 is 11.3 Å². The summed E-state index contributed by atoms with van der Waals surface area (Å²) in [6.07, 6.45) is 7.96. The number of fused-ring (bicyclic) bond motifs is 1. The zero-order chi connectivity index (χ0) is 16.0. The first kappa shape index (κ1) is 14.6. The van der Waals surface area contributed by atoms with Crippen LogP contribution < -0.4 is 5.32 Å². The summed E-state index contributed by atoms with van der Waals surface area (Å²) in [5.74, 6) is 0.214. The van der Waals surface area contributed by atoms with Crippen molar-refractivity contribution >= 4 is 28.0 Å². The van der Waals surface area contributed by atoms with Gasteiger partial charge in [0.2, 0.25) is 5.91 Å². The van der Waals surface area contributed by atoms with Crippen LogP contribution in [0.15, 0.2) is 12.7 Å². The molecule has 1 unspecified atom stereocenters. The van der Waals surface area contributed by atoms with E-state index in [1.165, 1.54) is 27.8 Å². The van der Waals surface area contributed by atoms with Gasteiger partial charge in [-0.25, -0.2) is 9.67 Å². The molecule has 6 nitrogen and oxygen atoms in total. The summed E-state index contributed by atoms with van der Waals surface area (Å²) in [5.41, 5.74) is 1.96.